The maximum atomic E-state index is 13.5. The minimum atomic E-state index is -0.502. The van der Waals surface area contributed by atoms with Gasteiger partial charge in [-0.15, -0.1) is 0 Å². The number of hydrogen-bond acceptors (Lipinski definition) is 6. The highest BCUT2D eigenvalue weighted by atomic mass is 16.5. The van der Waals surface area contributed by atoms with Crippen LogP contribution in [0.3, 0.4) is 0 Å². The van der Waals surface area contributed by atoms with E-state index >= 15 is 0 Å². The number of carbonyl (C=O) groups excluding carboxylic acids is 1. The molecule has 2 heterocycles. The smallest absolute Gasteiger partial charge is 0.338 e. The van der Waals surface area contributed by atoms with Gasteiger partial charge in [0.15, 0.2) is 11.5 Å². The molecule has 0 fully saturated rings. The largest absolute Gasteiger partial charge is 0.493 e. The SMILES string of the molecule is CCOC(=O)C1=C(c2ccccc2)Nc2nc3ccccc3n2C1c1ccc(OC)c(OC)c1. The second-order valence-corrected chi connectivity index (χ2v) is 7.81. The number of esters is 1. The Balaban J connectivity index is 1.83. The molecule has 0 bridgehead atoms. The van der Waals surface area contributed by atoms with Crippen LogP contribution in [0.15, 0.2) is 78.4 Å². The predicted molar refractivity (Wildman–Crippen MR) is 131 cm³/mol. The van der Waals surface area contributed by atoms with Crippen molar-refractivity contribution >= 4 is 28.6 Å². The van der Waals surface area contributed by atoms with Crippen LogP contribution >= 0.6 is 0 Å². The first-order chi connectivity index (χ1) is 16.7. The highest BCUT2D eigenvalue weighted by molar-refractivity contribution is 6.03. The number of para-hydroxylation sites is 2. The van der Waals surface area contributed by atoms with Crippen molar-refractivity contribution in [3.8, 4) is 11.5 Å². The van der Waals surface area contributed by atoms with Crippen molar-refractivity contribution in [2.75, 3.05) is 26.1 Å². The van der Waals surface area contributed by atoms with E-state index in [1.165, 1.54) is 0 Å². The van der Waals surface area contributed by atoms with Crippen molar-refractivity contribution in [1.82, 2.24) is 9.55 Å². The number of methoxy groups -OCH3 is 2. The summed E-state index contributed by atoms with van der Waals surface area (Å²) in [4.78, 5) is 18.3. The Hall–Kier alpha value is -4.26. The topological polar surface area (TPSA) is 74.6 Å². The van der Waals surface area contributed by atoms with Gasteiger partial charge >= 0.3 is 5.97 Å². The lowest BCUT2D eigenvalue weighted by Gasteiger charge is -2.31. The van der Waals surface area contributed by atoms with Crippen molar-refractivity contribution in [3.63, 3.8) is 0 Å². The molecule has 1 unspecified atom stereocenters. The molecule has 1 aliphatic heterocycles. The number of nitrogens with one attached hydrogen (secondary N) is 1. The third-order valence-corrected chi connectivity index (χ3v) is 5.91. The van der Waals surface area contributed by atoms with Crippen molar-refractivity contribution < 1.29 is 19.0 Å². The molecule has 1 atom stereocenters. The van der Waals surface area contributed by atoms with Crippen LogP contribution in [0.1, 0.15) is 24.1 Å². The lowest BCUT2D eigenvalue weighted by molar-refractivity contribution is -0.138. The van der Waals surface area contributed by atoms with Crippen LogP contribution in [0, 0.1) is 0 Å². The van der Waals surface area contributed by atoms with Gasteiger partial charge in [-0.1, -0.05) is 48.5 Å². The van der Waals surface area contributed by atoms with Crippen molar-refractivity contribution in [2.24, 2.45) is 0 Å². The van der Waals surface area contributed by atoms with Gasteiger partial charge < -0.3 is 19.5 Å². The Morgan fingerprint density at radius 2 is 1.71 bits per heavy atom. The monoisotopic (exact) mass is 455 g/mol. The maximum Gasteiger partial charge on any atom is 0.338 e. The third kappa shape index (κ3) is 3.55. The van der Waals surface area contributed by atoms with Gasteiger partial charge in [0.1, 0.15) is 0 Å². The number of benzene rings is 3. The quantitative estimate of drug-likeness (QED) is 0.411. The van der Waals surface area contributed by atoms with Gasteiger partial charge in [-0.25, -0.2) is 9.78 Å². The third-order valence-electron chi connectivity index (χ3n) is 5.91. The lowest BCUT2D eigenvalue weighted by Crippen LogP contribution is -2.29. The van der Waals surface area contributed by atoms with Gasteiger partial charge in [0.05, 0.1) is 49.2 Å². The van der Waals surface area contributed by atoms with E-state index in [4.69, 9.17) is 19.2 Å². The second kappa shape index (κ2) is 8.94. The van der Waals surface area contributed by atoms with Crippen LogP contribution in [-0.4, -0.2) is 36.3 Å². The highest BCUT2D eigenvalue weighted by Gasteiger charge is 2.37. The molecule has 4 aromatic rings. The minimum absolute atomic E-state index is 0.264. The van der Waals surface area contributed by atoms with E-state index in [1.807, 2.05) is 77.4 Å². The van der Waals surface area contributed by atoms with E-state index in [2.05, 4.69) is 5.32 Å². The number of imidazole rings is 1. The lowest BCUT2D eigenvalue weighted by atomic mass is 9.92. The number of rotatable bonds is 6. The summed E-state index contributed by atoms with van der Waals surface area (Å²) in [6.45, 7) is 2.07. The summed E-state index contributed by atoms with van der Waals surface area (Å²) < 4.78 is 18.6. The van der Waals surface area contributed by atoms with Gasteiger partial charge in [-0.2, -0.15) is 0 Å². The normalized spacial score (nSPS) is 15.0. The van der Waals surface area contributed by atoms with Gasteiger partial charge in [0, 0.05) is 0 Å². The Morgan fingerprint density at radius 1 is 0.971 bits per heavy atom. The molecule has 7 heteroatoms. The average molecular weight is 456 g/mol. The molecule has 0 saturated carbocycles. The molecule has 3 aromatic carbocycles. The Labute approximate surface area is 197 Å². The predicted octanol–water partition coefficient (Wildman–Crippen LogP) is 5.04. The van der Waals surface area contributed by atoms with E-state index in [0.29, 0.717) is 28.7 Å². The number of anilines is 1. The molecule has 0 saturated heterocycles. The molecule has 0 amide bonds. The van der Waals surface area contributed by atoms with Crippen molar-refractivity contribution in [2.45, 2.75) is 13.0 Å². The zero-order valence-corrected chi connectivity index (χ0v) is 19.2. The zero-order valence-electron chi connectivity index (χ0n) is 19.2. The Kier molecular flexibility index (Phi) is 5.67. The van der Waals surface area contributed by atoms with Gasteiger partial charge in [-0.05, 0) is 42.3 Å². The summed E-state index contributed by atoms with van der Waals surface area (Å²) >= 11 is 0. The molecule has 1 aliphatic rings. The number of carbonyl (C=O) groups is 1. The maximum absolute atomic E-state index is 13.5. The Bertz CT molecular complexity index is 1390. The van der Waals surface area contributed by atoms with Crippen molar-refractivity contribution in [1.29, 1.82) is 0 Å². The van der Waals surface area contributed by atoms with E-state index in [-0.39, 0.29) is 6.61 Å². The number of aromatic nitrogens is 2. The summed E-state index contributed by atoms with van der Waals surface area (Å²) in [5.41, 5.74) is 4.61. The van der Waals surface area contributed by atoms with Crippen molar-refractivity contribution in [3.05, 3.63) is 89.5 Å². The molecule has 7 nitrogen and oxygen atoms in total. The first-order valence-electron chi connectivity index (χ1n) is 11.1. The average Bonchev–Trinajstić information content (AvgIpc) is 3.26. The number of hydrogen-bond donors (Lipinski definition) is 1. The van der Waals surface area contributed by atoms with Crippen LogP contribution in [-0.2, 0) is 9.53 Å². The molecule has 5 rings (SSSR count). The first-order valence-corrected chi connectivity index (χ1v) is 11.1. The molecule has 0 aliphatic carbocycles. The molecule has 1 N–H and O–H groups in total. The zero-order chi connectivity index (χ0) is 23.7. The molecular formula is C27H25N3O4. The second-order valence-electron chi connectivity index (χ2n) is 7.81. The molecule has 0 radical (unpaired) electrons. The van der Waals surface area contributed by atoms with Gasteiger partial charge in [-0.3, -0.25) is 4.57 Å². The highest BCUT2D eigenvalue weighted by Crippen LogP contribution is 2.44. The first kappa shape index (κ1) is 21.6. The van der Waals surface area contributed by atoms with Gasteiger partial charge in [0.2, 0.25) is 5.95 Å². The van der Waals surface area contributed by atoms with Gasteiger partial charge in [0.25, 0.3) is 0 Å². The van der Waals surface area contributed by atoms with Crippen LogP contribution in [0.4, 0.5) is 5.95 Å². The standard InChI is InChI=1S/C27H25N3O4/c1-4-34-26(31)23-24(17-10-6-5-7-11-17)29-27-28-19-12-8-9-13-20(19)30(27)25(23)18-14-15-21(32-2)22(16-18)33-3/h5-16,25H,4H2,1-3H3,(H,28,29). The molecular weight excluding hydrogens is 430 g/mol. The van der Waals surface area contributed by atoms with Crippen LogP contribution in [0.5, 0.6) is 11.5 Å². The molecule has 1 aromatic heterocycles. The van der Waals surface area contributed by atoms with Crippen LogP contribution < -0.4 is 14.8 Å². The van der Waals surface area contributed by atoms with E-state index in [0.717, 1.165) is 22.2 Å². The fourth-order valence-electron chi connectivity index (χ4n) is 4.43. The summed E-state index contributed by atoms with van der Waals surface area (Å²) in [6.07, 6.45) is 0. The summed E-state index contributed by atoms with van der Waals surface area (Å²) in [5, 5.41) is 3.42. The number of ether oxygens (including phenoxy) is 3. The van der Waals surface area contributed by atoms with E-state index in [9.17, 15) is 4.79 Å². The fourth-order valence-corrected chi connectivity index (χ4v) is 4.43. The summed E-state index contributed by atoms with van der Waals surface area (Å²) in [7, 11) is 3.20. The molecule has 0 spiro atoms. The molecule has 172 valence electrons. The fraction of sp³-hybridized carbons (Fsp3) is 0.185. The minimum Gasteiger partial charge on any atom is -0.493 e. The molecule has 34 heavy (non-hydrogen) atoms. The van der Waals surface area contributed by atoms with E-state index < -0.39 is 12.0 Å². The van der Waals surface area contributed by atoms with Crippen LogP contribution in [0.2, 0.25) is 0 Å². The number of nitrogens with zero attached hydrogens (tertiary/aromatic N) is 2. The summed E-state index contributed by atoms with van der Waals surface area (Å²) in [5.74, 6) is 1.44. The van der Waals surface area contributed by atoms with Crippen LogP contribution in [0.25, 0.3) is 16.7 Å². The summed E-state index contributed by atoms with van der Waals surface area (Å²) in [6, 6.07) is 22.8. The Morgan fingerprint density at radius 3 is 2.44 bits per heavy atom. The van der Waals surface area contributed by atoms with E-state index in [1.54, 1.807) is 21.1 Å². The number of fused-ring (bicyclic) bond motifs is 3.